The molecule has 1 amide bonds. The molecule has 1 aromatic heterocycles. The summed E-state index contributed by atoms with van der Waals surface area (Å²) in [7, 11) is 0. The molecule has 1 aliphatic heterocycles. The average Bonchev–Trinajstić information content (AvgIpc) is 3.17. The van der Waals surface area contributed by atoms with E-state index in [0.717, 1.165) is 41.0 Å². The molecular weight excluding hydrogens is 432 g/mol. The molecule has 0 atom stereocenters. The molecular formula is C28H23ClN2O2. The molecule has 0 bridgehead atoms. The number of aromatic nitrogens is 1. The second kappa shape index (κ2) is 9.47. The highest BCUT2D eigenvalue weighted by molar-refractivity contribution is 6.34. The van der Waals surface area contributed by atoms with Crippen molar-refractivity contribution in [1.82, 2.24) is 9.88 Å². The van der Waals surface area contributed by atoms with E-state index < -0.39 is 0 Å². The van der Waals surface area contributed by atoms with Crippen molar-refractivity contribution >= 4 is 17.5 Å². The van der Waals surface area contributed by atoms with Crippen LogP contribution in [-0.2, 0) is 13.0 Å². The van der Waals surface area contributed by atoms with Crippen LogP contribution in [-0.4, -0.2) is 22.3 Å². The number of pyridine rings is 1. The molecule has 0 spiro atoms. The predicted molar refractivity (Wildman–Crippen MR) is 131 cm³/mol. The van der Waals surface area contributed by atoms with Gasteiger partial charge >= 0.3 is 0 Å². The maximum Gasteiger partial charge on any atom is 0.256 e. The zero-order chi connectivity index (χ0) is 22.6. The van der Waals surface area contributed by atoms with Gasteiger partial charge in [0, 0.05) is 25.5 Å². The van der Waals surface area contributed by atoms with Gasteiger partial charge in [-0.05, 0) is 83.6 Å². The summed E-state index contributed by atoms with van der Waals surface area (Å²) < 4.78 is 5.85. The van der Waals surface area contributed by atoms with E-state index in [1.807, 2.05) is 65.6 Å². The quantitative estimate of drug-likeness (QED) is 0.309. The van der Waals surface area contributed by atoms with Gasteiger partial charge in [0.1, 0.15) is 11.5 Å². The summed E-state index contributed by atoms with van der Waals surface area (Å²) in [5.41, 5.74) is 4.89. The maximum atomic E-state index is 12.9. The third-order valence-electron chi connectivity index (χ3n) is 5.84. The van der Waals surface area contributed by atoms with E-state index in [2.05, 4.69) is 23.2 Å². The Kier molecular flexibility index (Phi) is 6.09. The number of halogens is 1. The van der Waals surface area contributed by atoms with Crippen LogP contribution >= 0.6 is 11.6 Å². The van der Waals surface area contributed by atoms with E-state index in [4.69, 9.17) is 16.3 Å². The molecule has 3 aromatic carbocycles. The molecule has 2 heterocycles. The van der Waals surface area contributed by atoms with Gasteiger partial charge in [0.05, 0.1) is 10.6 Å². The molecule has 0 N–H and O–H groups in total. The fourth-order valence-electron chi connectivity index (χ4n) is 4.18. The van der Waals surface area contributed by atoms with Crippen molar-refractivity contribution in [3.63, 3.8) is 0 Å². The summed E-state index contributed by atoms with van der Waals surface area (Å²) >= 11 is 6.51. The first kappa shape index (κ1) is 21.2. The number of rotatable bonds is 7. The van der Waals surface area contributed by atoms with Gasteiger partial charge in [0.25, 0.3) is 5.91 Å². The van der Waals surface area contributed by atoms with E-state index in [9.17, 15) is 4.79 Å². The smallest absolute Gasteiger partial charge is 0.256 e. The van der Waals surface area contributed by atoms with Crippen molar-refractivity contribution in [2.75, 3.05) is 6.54 Å². The van der Waals surface area contributed by atoms with Crippen LogP contribution < -0.4 is 4.74 Å². The minimum Gasteiger partial charge on any atom is -0.457 e. The molecule has 4 nitrogen and oxygen atoms in total. The van der Waals surface area contributed by atoms with Gasteiger partial charge in [-0.25, -0.2) is 0 Å². The highest BCUT2D eigenvalue weighted by Gasteiger charge is 2.29. The van der Waals surface area contributed by atoms with Crippen LogP contribution in [0.15, 0.2) is 91.3 Å². The number of hydrogen-bond acceptors (Lipinski definition) is 3. The molecule has 5 heteroatoms. The van der Waals surface area contributed by atoms with Crippen molar-refractivity contribution in [3.05, 3.63) is 113 Å². The van der Waals surface area contributed by atoms with Crippen LogP contribution in [0.25, 0.3) is 11.1 Å². The summed E-state index contributed by atoms with van der Waals surface area (Å²) in [5.74, 6) is 1.65. The molecule has 5 rings (SSSR count). The molecule has 0 saturated heterocycles. The molecule has 0 unspecified atom stereocenters. The molecule has 33 heavy (non-hydrogen) atoms. The number of fused-ring (bicyclic) bond motifs is 1. The summed E-state index contributed by atoms with van der Waals surface area (Å²) in [6, 6.07) is 25.7. The summed E-state index contributed by atoms with van der Waals surface area (Å²) in [5, 5.41) is 0.515. The monoisotopic (exact) mass is 454 g/mol. The lowest BCUT2D eigenvalue weighted by atomic mass is 10.0. The molecule has 1 aliphatic rings. The number of carbonyl (C=O) groups excluding carboxylic acids is 1. The maximum absolute atomic E-state index is 12.9. The molecule has 0 fully saturated rings. The van der Waals surface area contributed by atoms with Crippen molar-refractivity contribution < 1.29 is 9.53 Å². The zero-order valence-electron chi connectivity index (χ0n) is 18.1. The zero-order valence-corrected chi connectivity index (χ0v) is 18.8. The Balaban J connectivity index is 1.19. The lowest BCUT2D eigenvalue weighted by Crippen LogP contribution is -2.25. The number of carbonyl (C=O) groups is 1. The second-order valence-corrected chi connectivity index (χ2v) is 8.52. The predicted octanol–water partition coefficient (Wildman–Crippen LogP) is 6.78. The van der Waals surface area contributed by atoms with E-state index in [1.54, 1.807) is 12.4 Å². The first-order valence-electron chi connectivity index (χ1n) is 11.0. The van der Waals surface area contributed by atoms with Crippen LogP contribution in [0.1, 0.15) is 27.9 Å². The average molecular weight is 455 g/mol. The van der Waals surface area contributed by atoms with Gasteiger partial charge < -0.3 is 9.64 Å². The van der Waals surface area contributed by atoms with Gasteiger partial charge in [0.2, 0.25) is 0 Å². The standard InChI is InChI=1S/C28H23ClN2O2/c29-26-18-22(21-12-14-30-15-13-21)17-23-19-31(28(32)27(23)26)16-4-5-20-8-10-25(11-9-20)33-24-6-2-1-3-7-24/h1-3,6-15,17-18H,4-5,16,19H2. The van der Waals surface area contributed by atoms with Gasteiger partial charge in [-0.15, -0.1) is 0 Å². The Hall–Kier alpha value is -3.63. The number of para-hydroxylation sites is 1. The summed E-state index contributed by atoms with van der Waals surface area (Å²) in [4.78, 5) is 18.9. The largest absolute Gasteiger partial charge is 0.457 e. The van der Waals surface area contributed by atoms with Crippen molar-refractivity contribution in [1.29, 1.82) is 0 Å². The number of hydrogen-bond donors (Lipinski definition) is 0. The minimum atomic E-state index is 0.0166. The number of ether oxygens (including phenoxy) is 1. The van der Waals surface area contributed by atoms with Gasteiger partial charge in [-0.1, -0.05) is 41.9 Å². The second-order valence-electron chi connectivity index (χ2n) is 8.12. The van der Waals surface area contributed by atoms with Crippen LogP contribution in [0.5, 0.6) is 11.5 Å². The number of aryl methyl sites for hydroxylation is 1. The number of benzene rings is 3. The first-order valence-corrected chi connectivity index (χ1v) is 11.4. The van der Waals surface area contributed by atoms with Crippen molar-refractivity contribution in [3.8, 4) is 22.6 Å². The van der Waals surface area contributed by atoms with Crippen molar-refractivity contribution in [2.45, 2.75) is 19.4 Å². The Bertz CT molecular complexity index is 1260. The van der Waals surface area contributed by atoms with Crippen LogP contribution in [0, 0.1) is 0 Å². The van der Waals surface area contributed by atoms with E-state index in [-0.39, 0.29) is 5.91 Å². The van der Waals surface area contributed by atoms with Crippen molar-refractivity contribution in [2.24, 2.45) is 0 Å². The number of amides is 1. The lowest BCUT2D eigenvalue weighted by molar-refractivity contribution is 0.0777. The highest BCUT2D eigenvalue weighted by Crippen LogP contribution is 2.34. The molecule has 0 aliphatic carbocycles. The van der Waals surface area contributed by atoms with E-state index >= 15 is 0 Å². The fourth-order valence-corrected chi connectivity index (χ4v) is 4.50. The topological polar surface area (TPSA) is 42.4 Å². The Labute approximate surface area is 198 Å². The molecule has 164 valence electrons. The van der Waals surface area contributed by atoms with Gasteiger partial charge in [-0.2, -0.15) is 0 Å². The first-order chi connectivity index (χ1) is 16.2. The van der Waals surface area contributed by atoms with Gasteiger partial charge in [0.15, 0.2) is 0 Å². The minimum absolute atomic E-state index is 0.0166. The van der Waals surface area contributed by atoms with Crippen LogP contribution in [0.4, 0.5) is 0 Å². The fraction of sp³-hybridized carbons (Fsp3) is 0.143. The van der Waals surface area contributed by atoms with Gasteiger partial charge in [-0.3, -0.25) is 9.78 Å². The lowest BCUT2D eigenvalue weighted by Gasteiger charge is -2.15. The highest BCUT2D eigenvalue weighted by atomic mass is 35.5. The summed E-state index contributed by atoms with van der Waals surface area (Å²) in [6.07, 6.45) is 5.29. The van der Waals surface area contributed by atoms with Crippen LogP contribution in [0.2, 0.25) is 5.02 Å². The number of nitrogens with zero attached hydrogens (tertiary/aromatic N) is 2. The SMILES string of the molecule is O=C1c2c(Cl)cc(-c3ccncc3)cc2CN1CCCc1ccc(Oc2ccccc2)cc1. The summed E-state index contributed by atoms with van der Waals surface area (Å²) in [6.45, 7) is 1.29. The normalized spacial score (nSPS) is 12.6. The third-order valence-corrected chi connectivity index (χ3v) is 6.14. The molecule has 0 radical (unpaired) electrons. The third kappa shape index (κ3) is 4.76. The van der Waals surface area contributed by atoms with Crippen LogP contribution in [0.3, 0.4) is 0 Å². The molecule has 0 saturated carbocycles. The Morgan fingerprint density at radius 3 is 2.36 bits per heavy atom. The molecule has 4 aromatic rings. The Morgan fingerprint density at radius 1 is 0.879 bits per heavy atom. The Morgan fingerprint density at radius 2 is 1.61 bits per heavy atom. The van der Waals surface area contributed by atoms with E-state index in [1.165, 1.54) is 5.56 Å². The van der Waals surface area contributed by atoms with E-state index in [0.29, 0.717) is 23.7 Å².